The SMILES string of the molecule is CC(C)C(O)COc1cccc(F)c1. The first-order chi connectivity index (χ1) is 6.59. The molecule has 1 rings (SSSR count). The van der Waals surface area contributed by atoms with Gasteiger partial charge in [0.05, 0.1) is 6.10 Å². The molecule has 0 heterocycles. The number of rotatable bonds is 4. The lowest BCUT2D eigenvalue weighted by Gasteiger charge is -2.15. The van der Waals surface area contributed by atoms with Crippen LogP contribution in [0.1, 0.15) is 13.8 Å². The second kappa shape index (κ2) is 4.96. The normalized spacial score (nSPS) is 12.9. The molecule has 0 saturated heterocycles. The molecule has 1 atom stereocenters. The van der Waals surface area contributed by atoms with E-state index in [1.165, 1.54) is 12.1 Å². The molecule has 1 unspecified atom stereocenters. The quantitative estimate of drug-likeness (QED) is 0.803. The summed E-state index contributed by atoms with van der Waals surface area (Å²) in [5.41, 5.74) is 0. The van der Waals surface area contributed by atoms with Crippen molar-refractivity contribution in [2.45, 2.75) is 20.0 Å². The maximum Gasteiger partial charge on any atom is 0.126 e. The van der Waals surface area contributed by atoms with Gasteiger partial charge in [0.25, 0.3) is 0 Å². The predicted molar refractivity (Wildman–Crippen MR) is 52.7 cm³/mol. The Kier molecular flexibility index (Phi) is 3.89. The molecule has 0 spiro atoms. The van der Waals surface area contributed by atoms with E-state index in [-0.39, 0.29) is 18.3 Å². The molecule has 0 aromatic heterocycles. The lowest BCUT2D eigenvalue weighted by Crippen LogP contribution is -2.23. The van der Waals surface area contributed by atoms with E-state index >= 15 is 0 Å². The molecule has 1 N–H and O–H groups in total. The molecule has 1 aromatic rings. The zero-order valence-electron chi connectivity index (χ0n) is 8.40. The van der Waals surface area contributed by atoms with Crippen LogP contribution < -0.4 is 4.74 Å². The van der Waals surface area contributed by atoms with Crippen LogP contribution in [-0.4, -0.2) is 17.8 Å². The van der Waals surface area contributed by atoms with Gasteiger partial charge in [0.1, 0.15) is 18.2 Å². The second-order valence-corrected chi connectivity index (χ2v) is 3.58. The molecule has 14 heavy (non-hydrogen) atoms. The maximum absolute atomic E-state index is 12.7. The highest BCUT2D eigenvalue weighted by Gasteiger charge is 2.09. The van der Waals surface area contributed by atoms with Crippen LogP contribution in [0.5, 0.6) is 5.75 Å². The maximum atomic E-state index is 12.7. The number of benzene rings is 1. The van der Waals surface area contributed by atoms with Gasteiger partial charge >= 0.3 is 0 Å². The summed E-state index contributed by atoms with van der Waals surface area (Å²) in [4.78, 5) is 0. The van der Waals surface area contributed by atoms with Crippen LogP contribution in [-0.2, 0) is 0 Å². The molecule has 0 aliphatic heterocycles. The molecule has 0 amide bonds. The van der Waals surface area contributed by atoms with Crippen molar-refractivity contribution < 1.29 is 14.2 Å². The minimum atomic E-state index is -0.515. The Balaban J connectivity index is 2.45. The van der Waals surface area contributed by atoms with Crippen LogP contribution in [0.25, 0.3) is 0 Å². The van der Waals surface area contributed by atoms with E-state index in [0.29, 0.717) is 5.75 Å². The van der Waals surface area contributed by atoms with Crippen LogP contribution >= 0.6 is 0 Å². The molecule has 0 aliphatic rings. The van der Waals surface area contributed by atoms with E-state index < -0.39 is 6.10 Å². The van der Waals surface area contributed by atoms with E-state index in [4.69, 9.17) is 4.74 Å². The van der Waals surface area contributed by atoms with Crippen molar-refractivity contribution in [3.8, 4) is 5.75 Å². The van der Waals surface area contributed by atoms with Crippen LogP contribution in [0.3, 0.4) is 0 Å². The molecule has 3 heteroatoms. The third-order valence-corrected chi connectivity index (χ3v) is 1.99. The summed E-state index contributed by atoms with van der Waals surface area (Å²) in [7, 11) is 0. The van der Waals surface area contributed by atoms with Gasteiger partial charge in [-0.3, -0.25) is 0 Å². The summed E-state index contributed by atoms with van der Waals surface area (Å²) in [6.07, 6.45) is -0.515. The van der Waals surface area contributed by atoms with Gasteiger partial charge in [0.15, 0.2) is 0 Å². The molecule has 0 fully saturated rings. The topological polar surface area (TPSA) is 29.5 Å². The zero-order valence-corrected chi connectivity index (χ0v) is 8.40. The van der Waals surface area contributed by atoms with Crippen molar-refractivity contribution in [3.63, 3.8) is 0 Å². The van der Waals surface area contributed by atoms with Crippen molar-refractivity contribution in [1.82, 2.24) is 0 Å². The molecular formula is C11H15FO2. The average molecular weight is 198 g/mol. The summed E-state index contributed by atoms with van der Waals surface area (Å²) in [5, 5.41) is 9.44. The van der Waals surface area contributed by atoms with Gasteiger partial charge in [0, 0.05) is 6.07 Å². The van der Waals surface area contributed by atoms with Crippen molar-refractivity contribution in [2.24, 2.45) is 5.92 Å². The van der Waals surface area contributed by atoms with Crippen LogP contribution in [0.15, 0.2) is 24.3 Å². The van der Waals surface area contributed by atoms with Crippen LogP contribution in [0.2, 0.25) is 0 Å². The molecule has 0 bridgehead atoms. The largest absolute Gasteiger partial charge is 0.491 e. The average Bonchev–Trinajstić information content (AvgIpc) is 2.14. The Morgan fingerprint density at radius 3 is 2.71 bits per heavy atom. The number of hydrogen-bond donors (Lipinski definition) is 1. The first-order valence-corrected chi connectivity index (χ1v) is 4.66. The standard InChI is InChI=1S/C11H15FO2/c1-8(2)11(13)7-14-10-5-3-4-9(12)6-10/h3-6,8,11,13H,7H2,1-2H3. The first kappa shape index (κ1) is 11.0. The molecular weight excluding hydrogens is 183 g/mol. The van der Waals surface area contributed by atoms with E-state index in [0.717, 1.165) is 0 Å². The van der Waals surface area contributed by atoms with Gasteiger partial charge in [-0.25, -0.2) is 4.39 Å². The number of halogens is 1. The minimum Gasteiger partial charge on any atom is -0.491 e. The highest BCUT2D eigenvalue weighted by molar-refractivity contribution is 5.22. The van der Waals surface area contributed by atoms with E-state index in [1.807, 2.05) is 13.8 Å². The summed E-state index contributed by atoms with van der Waals surface area (Å²) >= 11 is 0. The Morgan fingerprint density at radius 1 is 1.43 bits per heavy atom. The molecule has 0 radical (unpaired) electrons. The van der Waals surface area contributed by atoms with E-state index in [2.05, 4.69) is 0 Å². The van der Waals surface area contributed by atoms with Gasteiger partial charge in [-0.05, 0) is 18.1 Å². The number of aliphatic hydroxyl groups is 1. The smallest absolute Gasteiger partial charge is 0.126 e. The lowest BCUT2D eigenvalue weighted by molar-refractivity contribution is 0.0700. The van der Waals surface area contributed by atoms with Crippen molar-refractivity contribution in [1.29, 1.82) is 0 Å². The van der Waals surface area contributed by atoms with Crippen molar-refractivity contribution in [2.75, 3.05) is 6.61 Å². The molecule has 1 aromatic carbocycles. The Morgan fingerprint density at radius 2 is 2.14 bits per heavy atom. The van der Waals surface area contributed by atoms with Gasteiger partial charge in [-0.1, -0.05) is 19.9 Å². The summed E-state index contributed by atoms with van der Waals surface area (Å²) in [6.45, 7) is 4.00. The van der Waals surface area contributed by atoms with Gasteiger partial charge in [-0.2, -0.15) is 0 Å². The van der Waals surface area contributed by atoms with Crippen LogP contribution in [0, 0.1) is 11.7 Å². The van der Waals surface area contributed by atoms with E-state index in [1.54, 1.807) is 12.1 Å². The highest BCUT2D eigenvalue weighted by atomic mass is 19.1. The third kappa shape index (κ3) is 3.34. The molecule has 78 valence electrons. The van der Waals surface area contributed by atoms with Gasteiger partial charge in [0.2, 0.25) is 0 Å². The van der Waals surface area contributed by atoms with E-state index in [9.17, 15) is 9.50 Å². The molecule has 2 nitrogen and oxygen atoms in total. The highest BCUT2D eigenvalue weighted by Crippen LogP contribution is 2.13. The second-order valence-electron chi connectivity index (χ2n) is 3.58. The van der Waals surface area contributed by atoms with Gasteiger partial charge in [-0.15, -0.1) is 0 Å². The fraction of sp³-hybridized carbons (Fsp3) is 0.455. The fourth-order valence-electron chi connectivity index (χ4n) is 0.931. The number of aliphatic hydroxyl groups excluding tert-OH is 1. The van der Waals surface area contributed by atoms with Gasteiger partial charge < -0.3 is 9.84 Å². The Labute approximate surface area is 83.3 Å². The summed E-state index contributed by atoms with van der Waals surface area (Å²) < 4.78 is 17.9. The monoisotopic (exact) mass is 198 g/mol. The summed E-state index contributed by atoms with van der Waals surface area (Å²) in [5.74, 6) is 0.259. The Bertz CT molecular complexity index is 286. The third-order valence-electron chi connectivity index (χ3n) is 1.99. The van der Waals surface area contributed by atoms with Crippen LogP contribution in [0.4, 0.5) is 4.39 Å². The Hall–Kier alpha value is -1.09. The zero-order chi connectivity index (χ0) is 10.6. The van der Waals surface area contributed by atoms with Crippen molar-refractivity contribution >= 4 is 0 Å². The van der Waals surface area contributed by atoms with Crippen molar-refractivity contribution in [3.05, 3.63) is 30.1 Å². The fourth-order valence-corrected chi connectivity index (χ4v) is 0.931. The minimum absolute atomic E-state index is 0.142. The predicted octanol–water partition coefficient (Wildman–Crippen LogP) is 2.22. The lowest BCUT2D eigenvalue weighted by atomic mass is 10.1. The number of ether oxygens (including phenoxy) is 1. The first-order valence-electron chi connectivity index (χ1n) is 4.66. The summed E-state index contributed by atoms with van der Waals surface area (Å²) in [6, 6.07) is 5.89. The number of hydrogen-bond acceptors (Lipinski definition) is 2. The molecule has 0 saturated carbocycles. The molecule has 0 aliphatic carbocycles.